The largest absolute Gasteiger partial charge is 0.496 e. The van der Waals surface area contributed by atoms with Crippen molar-refractivity contribution in [1.82, 2.24) is 0 Å². The van der Waals surface area contributed by atoms with E-state index in [1.165, 1.54) is 26.5 Å². The number of carbonyl (C=O) groups is 1. The lowest BCUT2D eigenvalue weighted by molar-refractivity contribution is 0.0693. The van der Waals surface area contributed by atoms with E-state index in [4.69, 9.17) is 9.84 Å². The first-order valence-corrected chi connectivity index (χ1v) is 4.17. The summed E-state index contributed by atoms with van der Waals surface area (Å²) < 4.78 is 4.91. The molecule has 5 heteroatoms. The molecule has 80 valence electrons. The number of ether oxygens (including phenoxy) is 1. The van der Waals surface area contributed by atoms with Crippen molar-refractivity contribution in [2.24, 2.45) is 5.16 Å². The van der Waals surface area contributed by atoms with Crippen LogP contribution in [0.5, 0.6) is 5.75 Å². The molecule has 15 heavy (non-hydrogen) atoms. The molecule has 0 radical (unpaired) electrons. The van der Waals surface area contributed by atoms with Crippen molar-refractivity contribution in [2.45, 2.75) is 0 Å². The summed E-state index contributed by atoms with van der Waals surface area (Å²) >= 11 is 0. The average Bonchev–Trinajstić information content (AvgIpc) is 2.25. The van der Waals surface area contributed by atoms with E-state index in [0.717, 1.165) is 0 Å². The zero-order valence-corrected chi connectivity index (χ0v) is 8.43. The van der Waals surface area contributed by atoms with Crippen LogP contribution in [0.1, 0.15) is 15.9 Å². The first-order valence-electron chi connectivity index (χ1n) is 4.17. The van der Waals surface area contributed by atoms with Gasteiger partial charge in [-0.3, -0.25) is 0 Å². The molecule has 0 fully saturated rings. The average molecular weight is 209 g/mol. The molecule has 0 aliphatic rings. The van der Waals surface area contributed by atoms with Gasteiger partial charge in [0.1, 0.15) is 18.4 Å². The van der Waals surface area contributed by atoms with Crippen LogP contribution in [0, 0.1) is 0 Å². The van der Waals surface area contributed by atoms with Crippen molar-refractivity contribution in [2.75, 3.05) is 14.2 Å². The van der Waals surface area contributed by atoms with Gasteiger partial charge in [0.15, 0.2) is 0 Å². The van der Waals surface area contributed by atoms with Crippen LogP contribution in [0.2, 0.25) is 0 Å². The predicted octanol–water partition coefficient (Wildman–Crippen LogP) is 1.37. The maximum Gasteiger partial charge on any atom is 0.339 e. The molecule has 0 saturated carbocycles. The second kappa shape index (κ2) is 4.99. The topological polar surface area (TPSA) is 68.1 Å². The van der Waals surface area contributed by atoms with Crippen molar-refractivity contribution in [3.05, 3.63) is 29.3 Å². The van der Waals surface area contributed by atoms with Crippen LogP contribution in [-0.4, -0.2) is 31.5 Å². The van der Waals surface area contributed by atoms with Gasteiger partial charge in [0.25, 0.3) is 0 Å². The van der Waals surface area contributed by atoms with E-state index in [1.54, 1.807) is 12.1 Å². The third-order valence-electron chi connectivity index (χ3n) is 1.76. The van der Waals surface area contributed by atoms with Gasteiger partial charge in [-0.15, -0.1) is 0 Å². The molecule has 0 spiro atoms. The molecule has 0 aromatic heterocycles. The fourth-order valence-corrected chi connectivity index (χ4v) is 1.09. The molecule has 0 aliphatic carbocycles. The third kappa shape index (κ3) is 2.70. The second-order valence-electron chi connectivity index (χ2n) is 2.68. The smallest absolute Gasteiger partial charge is 0.339 e. The van der Waals surface area contributed by atoms with E-state index in [-0.39, 0.29) is 5.56 Å². The highest BCUT2D eigenvalue weighted by molar-refractivity contribution is 5.93. The Labute approximate surface area is 86.9 Å². The number of hydrogen-bond acceptors (Lipinski definition) is 4. The fourth-order valence-electron chi connectivity index (χ4n) is 1.09. The van der Waals surface area contributed by atoms with Crippen molar-refractivity contribution in [3.8, 4) is 5.75 Å². The summed E-state index contributed by atoms with van der Waals surface area (Å²) in [6.45, 7) is 0. The Kier molecular flexibility index (Phi) is 3.68. The van der Waals surface area contributed by atoms with Crippen molar-refractivity contribution < 1.29 is 19.5 Å². The maximum absolute atomic E-state index is 10.9. The van der Waals surface area contributed by atoms with E-state index < -0.39 is 5.97 Å². The molecule has 0 heterocycles. The zero-order valence-electron chi connectivity index (χ0n) is 8.43. The maximum atomic E-state index is 10.9. The highest BCUT2D eigenvalue weighted by atomic mass is 16.6. The van der Waals surface area contributed by atoms with E-state index in [1.807, 2.05) is 0 Å². The van der Waals surface area contributed by atoms with Crippen LogP contribution < -0.4 is 4.74 Å². The van der Waals surface area contributed by atoms with Crippen molar-refractivity contribution in [1.29, 1.82) is 0 Å². The fraction of sp³-hybridized carbons (Fsp3) is 0.200. The molecule has 1 aromatic rings. The SMILES string of the molecule is CO/N=C/c1ccc(OC)c(C(=O)O)c1. The molecule has 0 saturated heterocycles. The molecule has 0 aliphatic heterocycles. The van der Waals surface area contributed by atoms with Crippen LogP contribution in [-0.2, 0) is 4.84 Å². The molecule has 0 amide bonds. The zero-order chi connectivity index (χ0) is 11.3. The predicted molar refractivity (Wildman–Crippen MR) is 54.6 cm³/mol. The summed E-state index contributed by atoms with van der Waals surface area (Å²) in [7, 11) is 2.84. The van der Waals surface area contributed by atoms with Crippen LogP contribution in [0.25, 0.3) is 0 Å². The van der Waals surface area contributed by atoms with E-state index in [0.29, 0.717) is 11.3 Å². The van der Waals surface area contributed by atoms with Crippen LogP contribution in [0.15, 0.2) is 23.4 Å². The highest BCUT2D eigenvalue weighted by Gasteiger charge is 2.10. The molecule has 1 rings (SSSR count). The minimum absolute atomic E-state index is 0.0950. The number of rotatable bonds is 4. The number of nitrogens with zero attached hydrogens (tertiary/aromatic N) is 1. The summed E-state index contributed by atoms with van der Waals surface area (Å²) in [6.07, 6.45) is 1.42. The molecule has 1 aromatic carbocycles. The minimum atomic E-state index is -1.04. The lowest BCUT2D eigenvalue weighted by Crippen LogP contribution is -2.01. The van der Waals surface area contributed by atoms with E-state index in [9.17, 15) is 4.79 Å². The summed E-state index contributed by atoms with van der Waals surface area (Å²) in [4.78, 5) is 15.3. The summed E-state index contributed by atoms with van der Waals surface area (Å²) in [6, 6.07) is 4.72. The quantitative estimate of drug-likeness (QED) is 0.600. The van der Waals surface area contributed by atoms with Gasteiger partial charge in [-0.25, -0.2) is 4.79 Å². The van der Waals surface area contributed by atoms with Gasteiger partial charge in [-0.05, 0) is 23.8 Å². The number of benzene rings is 1. The Balaban J connectivity index is 3.10. The van der Waals surface area contributed by atoms with Crippen LogP contribution in [0.3, 0.4) is 0 Å². The molecule has 0 bridgehead atoms. The number of methoxy groups -OCH3 is 1. The molecule has 0 atom stereocenters. The van der Waals surface area contributed by atoms with Crippen molar-refractivity contribution >= 4 is 12.2 Å². The number of carboxylic acid groups (broad SMARTS) is 1. The standard InChI is InChI=1S/C10H11NO4/c1-14-9-4-3-7(6-11-15-2)5-8(9)10(12)13/h3-6H,1-2H3,(H,12,13)/b11-6+. The number of hydrogen-bond donors (Lipinski definition) is 1. The monoisotopic (exact) mass is 209 g/mol. The lowest BCUT2D eigenvalue weighted by Gasteiger charge is -2.04. The van der Waals surface area contributed by atoms with Gasteiger partial charge < -0.3 is 14.7 Å². The van der Waals surface area contributed by atoms with Gasteiger partial charge in [0.2, 0.25) is 0 Å². The molecular formula is C10H11NO4. The van der Waals surface area contributed by atoms with Gasteiger partial charge >= 0.3 is 5.97 Å². The van der Waals surface area contributed by atoms with Crippen LogP contribution in [0.4, 0.5) is 0 Å². The number of aromatic carboxylic acids is 1. The Morgan fingerprint density at radius 2 is 2.20 bits per heavy atom. The Bertz CT molecular complexity index is 387. The highest BCUT2D eigenvalue weighted by Crippen LogP contribution is 2.18. The first kappa shape index (κ1) is 11.0. The molecule has 0 unspecified atom stereocenters. The normalized spacial score (nSPS) is 10.3. The Morgan fingerprint density at radius 1 is 1.47 bits per heavy atom. The van der Waals surface area contributed by atoms with Gasteiger partial charge in [-0.2, -0.15) is 0 Å². The van der Waals surface area contributed by atoms with Gasteiger partial charge in [0, 0.05) is 0 Å². The lowest BCUT2D eigenvalue weighted by atomic mass is 10.1. The summed E-state index contributed by atoms with van der Waals surface area (Å²) in [5.74, 6) is -0.725. The van der Waals surface area contributed by atoms with Gasteiger partial charge in [-0.1, -0.05) is 5.16 Å². The minimum Gasteiger partial charge on any atom is -0.496 e. The molecular weight excluding hydrogens is 198 g/mol. The third-order valence-corrected chi connectivity index (χ3v) is 1.76. The Morgan fingerprint density at radius 3 is 2.73 bits per heavy atom. The molecule has 5 nitrogen and oxygen atoms in total. The van der Waals surface area contributed by atoms with E-state index >= 15 is 0 Å². The summed E-state index contributed by atoms with van der Waals surface area (Å²) in [5.41, 5.74) is 0.729. The Hall–Kier alpha value is -2.04. The molecule has 1 N–H and O–H groups in total. The summed E-state index contributed by atoms with van der Waals surface area (Å²) in [5, 5.41) is 12.4. The van der Waals surface area contributed by atoms with Crippen molar-refractivity contribution in [3.63, 3.8) is 0 Å². The van der Waals surface area contributed by atoms with Gasteiger partial charge in [0.05, 0.1) is 13.3 Å². The first-order chi connectivity index (χ1) is 7.19. The number of oxime groups is 1. The van der Waals surface area contributed by atoms with Crippen LogP contribution >= 0.6 is 0 Å². The second-order valence-corrected chi connectivity index (χ2v) is 2.68. The van der Waals surface area contributed by atoms with E-state index in [2.05, 4.69) is 9.99 Å². The number of carboxylic acids is 1.